The summed E-state index contributed by atoms with van der Waals surface area (Å²) in [6.45, 7) is 13.4. The Morgan fingerprint density at radius 3 is 1.94 bits per heavy atom. The fourth-order valence-electron chi connectivity index (χ4n) is 2.01. The van der Waals surface area contributed by atoms with Crippen LogP contribution in [0.2, 0.25) is 0 Å². The first-order valence-corrected chi connectivity index (χ1v) is 11.2. The molecule has 0 aliphatic rings. The van der Waals surface area contributed by atoms with Gasteiger partial charge in [0.05, 0.1) is 26.4 Å². The molecule has 0 aromatic carbocycles. The van der Waals surface area contributed by atoms with Crippen molar-refractivity contribution in [1.29, 1.82) is 0 Å². The minimum atomic E-state index is -1.33. The van der Waals surface area contributed by atoms with Gasteiger partial charge in [0.15, 0.2) is 5.78 Å². The maximum Gasteiger partial charge on any atom is 0.189 e. The number of ether oxygens (including phenoxy) is 4. The van der Waals surface area contributed by atoms with Crippen LogP contribution >= 0.6 is 0 Å². The maximum absolute atomic E-state index is 11.1. The zero-order chi connectivity index (χ0) is 23.8. The number of ketones is 1. The van der Waals surface area contributed by atoms with Crippen molar-refractivity contribution in [2.24, 2.45) is 0 Å². The van der Waals surface area contributed by atoms with Crippen LogP contribution in [0.25, 0.3) is 0 Å². The van der Waals surface area contributed by atoms with Crippen LogP contribution in [0, 0.1) is 0 Å². The van der Waals surface area contributed by atoms with Crippen molar-refractivity contribution in [2.45, 2.75) is 58.6 Å². The summed E-state index contributed by atoms with van der Waals surface area (Å²) in [5.41, 5.74) is -1.33. The van der Waals surface area contributed by atoms with Crippen LogP contribution in [0.4, 0.5) is 0 Å². The molecule has 0 radical (unpaired) electrons. The van der Waals surface area contributed by atoms with Crippen LogP contribution < -0.4 is 10.6 Å². The third-order valence-electron chi connectivity index (χ3n) is 4.19. The summed E-state index contributed by atoms with van der Waals surface area (Å²) < 4.78 is 20.9. The van der Waals surface area contributed by atoms with Crippen molar-refractivity contribution in [1.82, 2.24) is 10.6 Å². The summed E-state index contributed by atoms with van der Waals surface area (Å²) in [7, 11) is 1.95. The molecule has 0 aromatic rings. The van der Waals surface area contributed by atoms with E-state index in [9.17, 15) is 14.7 Å². The number of rotatable bonds is 21. The molecule has 3 N–H and O–H groups in total. The molecule has 9 nitrogen and oxygen atoms in total. The SMILES string of the molecule is CCC(C)(O)C(=O)COCC=O.CNCCCOCCOCCOCCCNC(C)C. The molecule has 0 rings (SSSR count). The first-order chi connectivity index (χ1) is 14.8. The van der Waals surface area contributed by atoms with E-state index >= 15 is 0 Å². The van der Waals surface area contributed by atoms with Crippen LogP contribution in [-0.2, 0) is 28.5 Å². The molecule has 0 saturated heterocycles. The largest absolute Gasteiger partial charge is 0.382 e. The number of carbonyl (C=O) groups is 2. The van der Waals surface area contributed by atoms with Gasteiger partial charge in [-0.25, -0.2) is 0 Å². The van der Waals surface area contributed by atoms with Crippen molar-refractivity contribution >= 4 is 12.1 Å². The van der Waals surface area contributed by atoms with Gasteiger partial charge in [0.25, 0.3) is 0 Å². The lowest BCUT2D eigenvalue weighted by Gasteiger charge is -2.18. The Labute approximate surface area is 188 Å². The molecule has 9 heteroatoms. The van der Waals surface area contributed by atoms with E-state index in [1.807, 2.05) is 7.05 Å². The van der Waals surface area contributed by atoms with Gasteiger partial charge in [-0.2, -0.15) is 0 Å². The highest BCUT2D eigenvalue weighted by Gasteiger charge is 2.27. The molecule has 1 unspecified atom stereocenters. The number of aliphatic hydroxyl groups is 1. The predicted octanol–water partition coefficient (Wildman–Crippen LogP) is 0.966. The van der Waals surface area contributed by atoms with Crippen molar-refractivity contribution in [3.63, 3.8) is 0 Å². The summed E-state index contributed by atoms with van der Waals surface area (Å²) in [6, 6.07) is 0.552. The second kappa shape index (κ2) is 23.7. The van der Waals surface area contributed by atoms with Gasteiger partial charge < -0.3 is 39.5 Å². The first-order valence-electron chi connectivity index (χ1n) is 11.2. The van der Waals surface area contributed by atoms with Crippen LogP contribution in [0.15, 0.2) is 0 Å². The maximum atomic E-state index is 11.1. The van der Waals surface area contributed by atoms with E-state index in [2.05, 4.69) is 29.2 Å². The Bertz CT molecular complexity index is 407. The number of nitrogens with one attached hydrogen (secondary N) is 2. The Morgan fingerprint density at radius 1 is 0.968 bits per heavy atom. The average molecular weight is 451 g/mol. The molecular weight excluding hydrogens is 404 g/mol. The topological polar surface area (TPSA) is 115 Å². The summed E-state index contributed by atoms with van der Waals surface area (Å²) in [4.78, 5) is 20.9. The van der Waals surface area contributed by atoms with Gasteiger partial charge >= 0.3 is 0 Å². The summed E-state index contributed by atoms with van der Waals surface area (Å²) >= 11 is 0. The van der Waals surface area contributed by atoms with E-state index in [4.69, 9.17) is 14.2 Å². The van der Waals surface area contributed by atoms with E-state index in [0.717, 1.165) is 39.1 Å². The molecule has 0 aliphatic carbocycles. The second-order valence-corrected chi connectivity index (χ2v) is 7.49. The monoisotopic (exact) mass is 450 g/mol. The van der Waals surface area contributed by atoms with Gasteiger partial charge in [0.1, 0.15) is 25.1 Å². The van der Waals surface area contributed by atoms with Gasteiger partial charge in [0.2, 0.25) is 0 Å². The van der Waals surface area contributed by atoms with Crippen molar-refractivity contribution in [2.75, 3.05) is 73.0 Å². The lowest BCUT2D eigenvalue weighted by Crippen LogP contribution is -2.37. The quantitative estimate of drug-likeness (QED) is 0.174. The highest BCUT2D eigenvalue weighted by molar-refractivity contribution is 5.87. The number of carbonyl (C=O) groups excluding carboxylic acids is 2. The van der Waals surface area contributed by atoms with Gasteiger partial charge in [0, 0.05) is 19.3 Å². The van der Waals surface area contributed by atoms with E-state index in [1.165, 1.54) is 6.92 Å². The van der Waals surface area contributed by atoms with Crippen molar-refractivity contribution in [3.8, 4) is 0 Å². The van der Waals surface area contributed by atoms with E-state index in [1.54, 1.807) is 6.92 Å². The van der Waals surface area contributed by atoms with Gasteiger partial charge in [-0.05, 0) is 46.3 Å². The minimum Gasteiger partial charge on any atom is -0.382 e. The molecule has 0 aromatic heterocycles. The molecule has 0 saturated carbocycles. The molecule has 0 fully saturated rings. The minimum absolute atomic E-state index is 0.106. The van der Waals surface area contributed by atoms with Crippen molar-refractivity contribution < 1.29 is 33.6 Å². The number of Topliss-reactive ketones (excluding diaryl/α,β-unsaturated/α-hetero) is 1. The molecule has 0 aliphatic heterocycles. The molecular formula is C22H46N2O7. The predicted molar refractivity (Wildman–Crippen MR) is 122 cm³/mol. The summed E-state index contributed by atoms with van der Waals surface area (Å²) in [5, 5.41) is 15.8. The fourth-order valence-corrected chi connectivity index (χ4v) is 2.01. The highest BCUT2D eigenvalue weighted by atomic mass is 16.5. The Kier molecular flexibility index (Phi) is 24.7. The van der Waals surface area contributed by atoms with E-state index in [-0.39, 0.29) is 13.2 Å². The number of hydrogen-bond acceptors (Lipinski definition) is 9. The zero-order valence-electron chi connectivity index (χ0n) is 20.2. The Hall–Kier alpha value is -0.940. The van der Waals surface area contributed by atoms with Crippen LogP contribution in [0.1, 0.15) is 47.0 Å². The highest BCUT2D eigenvalue weighted by Crippen LogP contribution is 2.09. The third-order valence-corrected chi connectivity index (χ3v) is 4.19. The molecule has 186 valence electrons. The standard InChI is InChI=1S/C14H32N2O3.C8H14O4/c1-14(2)16-7-5-9-18-11-13-19-12-10-17-8-4-6-15-3;1-3-8(2,11)7(10)6-12-5-4-9/h14-16H,4-13H2,1-3H3;4,11H,3,5-6H2,1-2H3. The van der Waals surface area contributed by atoms with Crippen molar-refractivity contribution in [3.05, 3.63) is 0 Å². The number of aldehydes is 1. The van der Waals surface area contributed by atoms with Gasteiger partial charge in [-0.3, -0.25) is 4.79 Å². The first kappa shape index (κ1) is 32.2. The summed E-state index contributed by atoms with van der Waals surface area (Å²) in [5.74, 6) is -0.396. The van der Waals surface area contributed by atoms with E-state index < -0.39 is 11.4 Å². The zero-order valence-corrected chi connectivity index (χ0v) is 20.2. The fraction of sp³-hybridized carbons (Fsp3) is 0.909. The molecule has 0 spiro atoms. The summed E-state index contributed by atoms with van der Waals surface area (Å²) in [6.07, 6.45) is 3.00. The molecule has 0 bridgehead atoms. The third kappa shape index (κ3) is 25.2. The molecule has 0 heterocycles. The number of hydrogen-bond donors (Lipinski definition) is 3. The molecule has 0 amide bonds. The van der Waals surface area contributed by atoms with Crippen LogP contribution in [0.3, 0.4) is 0 Å². The van der Waals surface area contributed by atoms with Crippen LogP contribution in [-0.4, -0.2) is 102 Å². The Balaban J connectivity index is 0. The van der Waals surface area contributed by atoms with Gasteiger partial charge in [-0.1, -0.05) is 20.8 Å². The smallest absolute Gasteiger partial charge is 0.189 e. The normalized spacial score (nSPS) is 12.9. The van der Waals surface area contributed by atoms with Crippen LogP contribution in [0.5, 0.6) is 0 Å². The van der Waals surface area contributed by atoms with E-state index in [0.29, 0.717) is 45.2 Å². The Morgan fingerprint density at radius 2 is 1.48 bits per heavy atom. The van der Waals surface area contributed by atoms with Gasteiger partial charge in [-0.15, -0.1) is 0 Å². The average Bonchev–Trinajstić information content (AvgIpc) is 2.74. The lowest BCUT2D eigenvalue weighted by molar-refractivity contribution is -0.141. The lowest BCUT2D eigenvalue weighted by atomic mass is 9.99. The second-order valence-electron chi connectivity index (χ2n) is 7.49. The molecule has 31 heavy (non-hydrogen) atoms. The molecule has 1 atom stereocenters.